The second kappa shape index (κ2) is 8.05. The lowest BCUT2D eigenvalue weighted by atomic mass is 9.85. The van der Waals surface area contributed by atoms with Crippen molar-refractivity contribution in [2.75, 3.05) is 20.3 Å². The average Bonchev–Trinajstić information content (AvgIpc) is 2.91. The van der Waals surface area contributed by atoms with E-state index in [2.05, 4.69) is 0 Å². The number of carbonyl (C=O) groups is 2. The fraction of sp³-hybridized carbons (Fsp3) is 0.750. The van der Waals surface area contributed by atoms with E-state index in [0.717, 1.165) is 18.8 Å². The van der Waals surface area contributed by atoms with Crippen molar-refractivity contribution >= 4 is 12.1 Å². The van der Waals surface area contributed by atoms with Gasteiger partial charge in [0.25, 0.3) is 0 Å². The van der Waals surface area contributed by atoms with Crippen molar-refractivity contribution in [2.24, 2.45) is 5.92 Å². The summed E-state index contributed by atoms with van der Waals surface area (Å²) in [6, 6.07) is 0. The quantitative estimate of drug-likeness (QED) is 0.557. The predicted octanol–water partition coefficient (Wildman–Crippen LogP) is 3.25. The first-order chi connectivity index (χ1) is 10.2. The van der Waals surface area contributed by atoms with E-state index in [0.29, 0.717) is 25.1 Å². The molecule has 1 aliphatic heterocycles. The molecular weight excluding hydrogens is 270 g/mol. The van der Waals surface area contributed by atoms with Crippen LogP contribution >= 0.6 is 0 Å². The van der Waals surface area contributed by atoms with Gasteiger partial charge < -0.3 is 9.47 Å². The number of methoxy groups -OCH3 is 1. The minimum atomic E-state index is -0.385. The zero-order valence-corrected chi connectivity index (χ0v) is 12.8. The highest BCUT2D eigenvalue weighted by atomic mass is 16.6. The van der Waals surface area contributed by atoms with E-state index < -0.39 is 0 Å². The van der Waals surface area contributed by atoms with Crippen LogP contribution in [-0.4, -0.2) is 37.2 Å². The van der Waals surface area contributed by atoms with Gasteiger partial charge in [-0.2, -0.15) is 0 Å². The fourth-order valence-corrected chi connectivity index (χ4v) is 3.12. The van der Waals surface area contributed by atoms with Crippen molar-refractivity contribution in [3.8, 4) is 0 Å². The highest BCUT2D eigenvalue weighted by Crippen LogP contribution is 2.28. The van der Waals surface area contributed by atoms with Gasteiger partial charge in [0, 0.05) is 6.20 Å². The fourth-order valence-electron chi connectivity index (χ4n) is 3.12. The van der Waals surface area contributed by atoms with Crippen LogP contribution in [-0.2, 0) is 14.3 Å². The molecular formula is C16H25NO4. The van der Waals surface area contributed by atoms with Crippen LogP contribution in [0.3, 0.4) is 0 Å². The number of cyclic esters (lactones) is 1. The maximum atomic E-state index is 11.8. The number of esters is 1. The molecule has 0 atom stereocenters. The molecule has 0 aromatic carbocycles. The van der Waals surface area contributed by atoms with Gasteiger partial charge in [-0.25, -0.2) is 9.59 Å². The van der Waals surface area contributed by atoms with E-state index in [1.807, 2.05) is 0 Å². The number of amides is 1. The van der Waals surface area contributed by atoms with Crippen molar-refractivity contribution < 1.29 is 19.1 Å². The van der Waals surface area contributed by atoms with Crippen molar-refractivity contribution in [1.29, 1.82) is 0 Å². The Kier molecular flexibility index (Phi) is 6.08. The Labute approximate surface area is 126 Å². The van der Waals surface area contributed by atoms with Crippen molar-refractivity contribution in [3.05, 3.63) is 11.8 Å². The first-order valence-electron chi connectivity index (χ1n) is 7.93. The summed E-state index contributed by atoms with van der Waals surface area (Å²) in [7, 11) is 1.37. The van der Waals surface area contributed by atoms with Crippen LogP contribution in [0.1, 0.15) is 51.4 Å². The van der Waals surface area contributed by atoms with Crippen LogP contribution in [0.2, 0.25) is 0 Å². The Balaban J connectivity index is 1.85. The molecule has 0 aromatic heterocycles. The van der Waals surface area contributed by atoms with Crippen molar-refractivity contribution in [1.82, 2.24) is 4.90 Å². The highest BCUT2D eigenvalue weighted by Gasteiger charge is 2.22. The molecule has 1 amide bonds. The maximum absolute atomic E-state index is 11.8. The molecule has 1 saturated heterocycles. The molecule has 1 heterocycles. The molecule has 0 unspecified atom stereocenters. The molecule has 5 heteroatoms. The van der Waals surface area contributed by atoms with E-state index in [4.69, 9.17) is 9.47 Å². The standard InChI is InChI=1S/C16H25NO4/c1-20-15(18)14(12-17-10-11-21-16(17)19)9-5-8-13-6-3-2-4-7-13/h12-13H,2-11H2,1H3/b14-12-. The van der Waals surface area contributed by atoms with E-state index in [-0.39, 0.29) is 12.1 Å². The third kappa shape index (κ3) is 4.76. The first kappa shape index (κ1) is 15.9. The van der Waals surface area contributed by atoms with Crippen LogP contribution in [0.25, 0.3) is 0 Å². The average molecular weight is 295 g/mol. The van der Waals surface area contributed by atoms with Gasteiger partial charge in [-0.3, -0.25) is 4.90 Å². The summed E-state index contributed by atoms with van der Waals surface area (Å²) in [5.41, 5.74) is 0.562. The molecule has 2 aliphatic rings. The summed E-state index contributed by atoms with van der Waals surface area (Å²) in [5, 5.41) is 0. The topological polar surface area (TPSA) is 55.8 Å². The Morgan fingerprint density at radius 3 is 2.76 bits per heavy atom. The van der Waals surface area contributed by atoms with Gasteiger partial charge >= 0.3 is 12.1 Å². The largest absolute Gasteiger partial charge is 0.466 e. The molecule has 0 aromatic rings. The Hall–Kier alpha value is -1.52. The van der Waals surface area contributed by atoms with Gasteiger partial charge in [-0.1, -0.05) is 38.5 Å². The summed E-state index contributed by atoms with van der Waals surface area (Å²) in [4.78, 5) is 24.7. The number of hydrogen-bond donors (Lipinski definition) is 0. The zero-order chi connectivity index (χ0) is 15.1. The van der Waals surface area contributed by atoms with Crippen LogP contribution < -0.4 is 0 Å². The van der Waals surface area contributed by atoms with E-state index >= 15 is 0 Å². The van der Waals surface area contributed by atoms with Gasteiger partial charge in [0.1, 0.15) is 6.61 Å². The zero-order valence-electron chi connectivity index (χ0n) is 12.8. The Bertz CT molecular complexity index is 399. The van der Waals surface area contributed by atoms with E-state index in [9.17, 15) is 9.59 Å². The van der Waals surface area contributed by atoms with Crippen LogP contribution in [0.5, 0.6) is 0 Å². The molecule has 1 saturated carbocycles. The Morgan fingerprint density at radius 1 is 1.38 bits per heavy atom. The molecule has 0 radical (unpaired) electrons. The lowest BCUT2D eigenvalue weighted by molar-refractivity contribution is -0.136. The van der Waals surface area contributed by atoms with Gasteiger partial charge in [-0.05, 0) is 18.8 Å². The minimum Gasteiger partial charge on any atom is -0.466 e. The molecule has 0 spiro atoms. The number of hydrogen-bond acceptors (Lipinski definition) is 4. The summed E-state index contributed by atoms with van der Waals surface area (Å²) in [6.07, 6.45) is 10.7. The van der Waals surface area contributed by atoms with Crippen LogP contribution in [0.15, 0.2) is 11.8 Å². The van der Waals surface area contributed by atoms with Crippen molar-refractivity contribution in [2.45, 2.75) is 51.4 Å². The van der Waals surface area contributed by atoms with E-state index in [1.54, 1.807) is 6.20 Å². The number of carbonyl (C=O) groups excluding carboxylic acids is 2. The third-order valence-corrected chi connectivity index (χ3v) is 4.33. The molecule has 5 nitrogen and oxygen atoms in total. The summed E-state index contributed by atoms with van der Waals surface area (Å²) in [6.45, 7) is 0.883. The first-order valence-corrected chi connectivity index (χ1v) is 7.93. The summed E-state index contributed by atoms with van der Waals surface area (Å²) < 4.78 is 9.68. The summed E-state index contributed by atoms with van der Waals surface area (Å²) in [5.74, 6) is 0.452. The van der Waals surface area contributed by atoms with Gasteiger partial charge in [0.05, 0.1) is 19.2 Å². The van der Waals surface area contributed by atoms with E-state index in [1.165, 1.54) is 44.1 Å². The number of nitrogens with zero attached hydrogens (tertiary/aromatic N) is 1. The normalized spacial score (nSPS) is 20.5. The predicted molar refractivity (Wildman–Crippen MR) is 78.6 cm³/mol. The molecule has 1 aliphatic carbocycles. The molecule has 118 valence electrons. The summed E-state index contributed by atoms with van der Waals surface area (Å²) >= 11 is 0. The number of ether oxygens (including phenoxy) is 2. The maximum Gasteiger partial charge on any atom is 0.413 e. The minimum absolute atomic E-state index is 0.349. The van der Waals surface area contributed by atoms with Gasteiger partial charge in [0.15, 0.2) is 0 Å². The van der Waals surface area contributed by atoms with Crippen molar-refractivity contribution in [3.63, 3.8) is 0 Å². The molecule has 2 fully saturated rings. The lowest BCUT2D eigenvalue weighted by Crippen LogP contribution is -2.20. The molecule has 21 heavy (non-hydrogen) atoms. The van der Waals surface area contributed by atoms with Crippen LogP contribution in [0, 0.1) is 5.92 Å². The SMILES string of the molecule is COC(=O)/C(=C\N1CCOC1=O)CCCC1CCCCC1. The molecule has 2 rings (SSSR count). The monoisotopic (exact) mass is 295 g/mol. The highest BCUT2D eigenvalue weighted by molar-refractivity contribution is 5.89. The second-order valence-corrected chi connectivity index (χ2v) is 5.85. The lowest BCUT2D eigenvalue weighted by Gasteiger charge is -2.21. The Morgan fingerprint density at radius 2 is 2.14 bits per heavy atom. The molecule has 0 N–H and O–H groups in total. The third-order valence-electron chi connectivity index (χ3n) is 4.33. The smallest absolute Gasteiger partial charge is 0.413 e. The second-order valence-electron chi connectivity index (χ2n) is 5.85. The molecule has 0 bridgehead atoms. The number of rotatable bonds is 6. The van der Waals surface area contributed by atoms with Crippen LogP contribution in [0.4, 0.5) is 4.79 Å². The van der Waals surface area contributed by atoms with Gasteiger partial charge in [0.2, 0.25) is 0 Å². The van der Waals surface area contributed by atoms with Gasteiger partial charge in [-0.15, -0.1) is 0 Å².